The van der Waals surface area contributed by atoms with Crippen molar-refractivity contribution < 1.29 is 9.31 Å². The Hall–Kier alpha value is -0.965. The summed E-state index contributed by atoms with van der Waals surface area (Å²) >= 11 is 4.50. The Morgan fingerprint density at radius 3 is 2.55 bits per heavy atom. The van der Waals surface area contributed by atoms with Gasteiger partial charge in [-0.3, -0.25) is 0 Å². The van der Waals surface area contributed by atoms with E-state index < -0.39 is 0 Å². The van der Waals surface area contributed by atoms with Crippen LogP contribution in [0.3, 0.4) is 0 Å². The van der Waals surface area contributed by atoms with Crippen LogP contribution < -0.4 is 0 Å². The molecule has 0 radical (unpaired) electrons. The molecule has 4 heteroatoms. The summed E-state index contributed by atoms with van der Waals surface area (Å²) in [7, 11) is -0.326. The van der Waals surface area contributed by atoms with E-state index in [1.165, 1.54) is 16.7 Å². The van der Waals surface area contributed by atoms with E-state index in [9.17, 15) is 0 Å². The molecule has 0 amide bonds. The summed E-state index contributed by atoms with van der Waals surface area (Å²) in [5, 5.41) is 0. The summed E-state index contributed by atoms with van der Waals surface area (Å²) in [6, 6.07) is 6.41. The fourth-order valence-electron chi connectivity index (χ4n) is 2.84. The van der Waals surface area contributed by atoms with Crippen molar-refractivity contribution in [2.45, 2.75) is 45.3 Å². The molecule has 1 aliphatic carbocycles. The highest BCUT2D eigenvalue weighted by Gasteiger charge is 2.52. The van der Waals surface area contributed by atoms with Gasteiger partial charge in [0, 0.05) is 5.75 Å². The maximum atomic E-state index is 6.15. The second-order valence-electron chi connectivity index (χ2n) is 6.99. The van der Waals surface area contributed by atoms with Crippen LogP contribution in [0.1, 0.15) is 44.4 Å². The number of benzene rings is 1. The highest BCUT2D eigenvalue weighted by molar-refractivity contribution is 7.80. The second kappa shape index (κ2) is 5.59. The lowest BCUT2D eigenvalue weighted by Crippen LogP contribution is -2.41. The minimum absolute atomic E-state index is 0.320. The highest BCUT2D eigenvalue weighted by Crippen LogP contribution is 2.39. The zero-order valence-electron chi connectivity index (χ0n) is 13.7. The zero-order valence-corrected chi connectivity index (χ0v) is 14.6. The Morgan fingerprint density at radius 2 is 1.91 bits per heavy atom. The molecule has 0 N–H and O–H groups in total. The van der Waals surface area contributed by atoms with E-state index in [1.807, 2.05) is 0 Å². The summed E-state index contributed by atoms with van der Waals surface area (Å²) in [6.45, 7) is 8.31. The Kier molecular flexibility index (Phi) is 4.04. The summed E-state index contributed by atoms with van der Waals surface area (Å²) in [5.41, 5.74) is 4.35. The van der Waals surface area contributed by atoms with Crippen LogP contribution in [0, 0.1) is 0 Å². The van der Waals surface area contributed by atoms with Crippen LogP contribution in [0.4, 0.5) is 0 Å². The van der Waals surface area contributed by atoms with E-state index in [0.717, 1.165) is 11.9 Å². The van der Waals surface area contributed by atoms with Gasteiger partial charge in [-0.05, 0) is 56.3 Å². The van der Waals surface area contributed by atoms with Crippen molar-refractivity contribution in [3.8, 4) is 0 Å². The number of thiol groups is 1. The van der Waals surface area contributed by atoms with Gasteiger partial charge in [0.25, 0.3) is 0 Å². The third-order valence-electron chi connectivity index (χ3n) is 4.95. The van der Waals surface area contributed by atoms with Gasteiger partial charge in [-0.2, -0.15) is 12.6 Å². The van der Waals surface area contributed by atoms with Gasteiger partial charge >= 0.3 is 7.12 Å². The summed E-state index contributed by atoms with van der Waals surface area (Å²) < 4.78 is 12.3. The smallest absolute Gasteiger partial charge is 0.400 e. The monoisotopic (exact) mass is 314 g/mol. The van der Waals surface area contributed by atoms with Gasteiger partial charge in [0.05, 0.1) is 11.2 Å². The zero-order chi connectivity index (χ0) is 16.0. The standard InChI is InChI=1S/C18H23BO2S/c1-17(2)18(3,4)21-19(20-17)15(12-22)11-14-9-5-7-13-8-6-10-16(13)14/h5-9,11,22H,10,12H2,1-4H3. The average Bonchev–Trinajstić information content (AvgIpc) is 2.99. The van der Waals surface area contributed by atoms with Gasteiger partial charge in [-0.25, -0.2) is 0 Å². The maximum Gasteiger partial charge on any atom is 0.491 e. The first kappa shape index (κ1) is 15.9. The van der Waals surface area contributed by atoms with Gasteiger partial charge in [0.1, 0.15) is 0 Å². The quantitative estimate of drug-likeness (QED) is 0.666. The molecule has 0 atom stereocenters. The average molecular weight is 314 g/mol. The topological polar surface area (TPSA) is 18.5 Å². The molecule has 2 aliphatic rings. The Bertz CT molecular complexity index is 630. The Balaban J connectivity index is 1.92. The first-order chi connectivity index (χ1) is 10.3. The maximum absolute atomic E-state index is 6.15. The molecule has 0 unspecified atom stereocenters. The molecule has 1 aromatic carbocycles. The van der Waals surface area contributed by atoms with Gasteiger partial charge < -0.3 is 9.31 Å². The number of fused-ring (bicyclic) bond motifs is 1. The Morgan fingerprint density at radius 1 is 1.23 bits per heavy atom. The molecule has 1 saturated heterocycles. The van der Waals surface area contributed by atoms with Crippen molar-refractivity contribution in [3.63, 3.8) is 0 Å². The minimum Gasteiger partial charge on any atom is -0.400 e. The Labute approximate surface area is 139 Å². The molecular weight excluding hydrogens is 291 g/mol. The molecule has 0 spiro atoms. The number of allylic oxidation sites excluding steroid dienone is 1. The van der Waals surface area contributed by atoms with E-state index in [2.05, 4.69) is 76.8 Å². The van der Waals surface area contributed by atoms with Crippen molar-refractivity contribution in [3.05, 3.63) is 46.4 Å². The largest absolute Gasteiger partial charge is 0.491 e. The van der Waals surface area contributed by atoms with Gasteiger partial charge in [-0.1, -0.05) is 36.4 Å². The summed E-state index contributed by atoms with van der Waals surface area (Å²) in [5.74, 6) is 0.619. The SMILES string of the molecule is CC1(C)OB(C(=Cc2cccc3c2CC=C3)CS)OC1(C)C. The number of hydrogen-bond acceptors (Lipinski definition) is 3. The molecule has 1 heterocycles. The normalized spacial score (nSPS) is 22.2. The van der Waals surface area contributed by atoms with Gasteiger partial charge in [0.2, 0.25) is 0 Å². The van der Waals surface area contributed by atoms with E-state index in [-0.39, 0.29) is 18.3 Å². The number of rotatable bonds is 3. The van der Waals surface area contributed by atoms with Crippen molar-refractivity contribution in [1.29, 1.82) is 0 Å². The van der Waals surface area contributed by atoms with E-state index in [1.54, 1.807) is 0 Å². The second-order valence-corrected chi connectivity index (χ2v) is 7.30. The molecule has 2 nitrogen and oxygen atoms in total. The summed E-state index contributed by atoms with van der Waals surface area (Å²) in [6.07, 6.45) is 7.56. The fourth-order valence-corrected chi connectivity index (χ4v) is 3.08. The predicted octanol–water partition coefficient (Wildman–Crippen LogP) is 4.20. The number of hydrogen-bond donors (Lipinski definition) is 1. The van der Waals surface area contributed by atoms with Crippen molar-refractivity contribution in [1.82, 2.24) is 0 Å². The van der Waals surface area contributed by atoms with Crippen LogP contribution in [-0.2, 0) is 15.7 Å². The molecule has 0 saturated carbocycles. The minimum atomic E-state index is -0.326. The lowest BCUT2D eigenvalue weighted by atomic mass is 9.78. The third kappa shape index (κ3) is 2.68. The van der Waals surface area contributed by atoms with E-state index in [0.29, 0.717) is 5.75 Å². The van der Waals surface area contributed by atoms with Crippen LogP contribution >= 0.6 is 12.6 Å². The van der Waals surface area contributed by atoms with Crippen LogP contribution in [0.2, 0.25) is 0 Å². The van der Waals surface area contributed by atoms with Crippen molar-refractivity contribution in [2.75, 3.05) is 5.75 Å². The van der Waals surface area contributed by atoms with Gasteiger partial charge in [-0.15, -0.1) is 0 Å². The summed E-state index contributed by atoms with van der Waals surface area (Å²) in [4.78, 5) is 0. The lowest BCUT2D eigenvalue weighted by Gasteiger charge is -2.32. The van der Waals surface area contributed by atoms with Crippen LogP contribution in [0.15, 0.2) is 29.7 Å². The first-order valence-electron chi connectivity index (χ1n) is 7.79. The molecular formula is C18H23BO2S. The van der Waals surface area contributed by atoms with Crippen LogP contribution in [-0.4, -0.2) is 24.1 Å². The van der Waals surface area contributed by atoms with E-state index >= 15 is 0 Å². The molecule has 1 aliphatic heterocycles. The predicted molar refractivity (Wildman–Crippen MR) is 97.1 cm³/mol. The third-order valence-corrected chi connectivity index (χ3v) is 5.31. The van der Waals surface area contributed by atoms with Crippen molar-refractivity contribution in [2.24, 2.45) is 0 Å². The lowest BCUT2D eigenvalue weighted by molar-refractivity contribution is 0.00578. The van der Waals surface area contributed by atoms with Crippen LogP contribution in [0.5, 0.6) is 0 Å². The molecule has 1 fully saturated rings. The molecule has 116 valence electrons. The molecule has 3 rings (SSSR count). The molecule has 0 aromatic heterocycles. The van der Waals surface area contributed by atoms with Crippen molar-refractivity contribution >= 4 is 31.9 Å². The molecule has 1 aromatic rings. The molecule has 22 heavy (non-hydrogen) atoms. The van der Waals surface area contributed by atoms with Gasteiger partial charge in [0.15, 0.2) is 0 Å². The van der Waals surface area contributed by atoms with Crippen LogP contribution in [0.25, 0.3) is 12.2 Å². The molecule has 0 bridgehead atoms. The highest BCUT2D eigenvalue weighted by atomic mass is 32.1. The first-order valence-corrected chi connectivity index (χ1v) is 8.43. The fraction of sp³-hybridized carbons (Fsp3) is 0.444. The van der Waals surface area contributed by atoms with E-state index in [4.69, 9.17) is 9.31 Å².